The maximum Gasteiger partial charge on any atom is 0.343 e. The van der Waals surface area contributed by atoms with E-state index in [9.17, 15) is 19.2 Å². The Labute approximate surface area is 180 Å². The largest absolute Gasteiger partial charge is 0.421 e. The fraction of sp³-hybridized carbons (Fsp3) is 0. The van der Waals surface area contributed by atoms with Gasteiger partial charge in [-0.25, -0.2) is 9.59 Å². The summed E-state index contributed by atoms with van der Waals surface area (Å²) in [7, 11) is 0. The third-order valence-electron chi connectivity index (χ3n) is 3.96. The summed E-state index contributed by atoms with van der Waals surface area (Å²) in [5.41, 5.74) is 1.21. The Morgan fingerprint density at radius 3 is 1.33 bits per heavy atom. The Hall–Kier alpha value is -3.48. The summed E-state index contributed by atoms with van der Waals surface area (Å²) in [6, 6.07) is 14.1. The van der Waals surface area contributed by atoms with Gasteiger partial charge in [0.25, 0.3) is 0 Å². The SMILES string of the molecule is O=Cc1ccc(C(=O)Oc2cc(OC(=O)c3ccc(C=O)cc3)c(Cl)cc2Cl)cc1. The number of aldehydes is 2. The van der Waals surface area contributed by atoms with Crippen molar-refractivity contribution in [3.8, 4) is 11.5 Å². The second-order valence-electron chi connectivity index (χ2n) is 5.97. The number of benzene rings is 3. The summed E-state index contributed by atoms with van der Waals surface area (Å²) >= 11 is 12.2. The monoisotopic (exact) mass is 442 g/mol. The van der Waals surface area contributed by atoms with Crippen LogP contribution in [0.3, 0.4) is 0 Å². The number of carbonyl (C=O) groups excluding carboxylic acids is 4. The Morgan fingerprint density at radius 2 is 1.00 bits per heavy atom. The predicted octanol–water partition coefficient (Wildman–Crippen LogP) is 5.06. The van der Waals surface area contributed by atoms with E-state index in [-0.39, 0.29) is 32.7 Å². The first-order chi connectivity index (χ1) is 14.4. The summed E-state index contributed by atoms with van der Waals surface area (Å²) in [4.78, 5) is 46.1. The molecule has 30 heavy (non-hydrogen) atoms. The highest BCUT2D eigenvalue weighted by molar-refractivity contribution is 6.36. The van der Waals surface area contributed by atoms with Gasteiger partial charge in [0.05, 0.1) is 21.2 Å². The maximum atomic E-state index is 12.3. The molecule has 0 radical (unpaired) electrons. The van der Waals surface area contributed by atoms with Gasteiger partial charge in [0.15, 0.2) is 11.5 Å². The fourth-order valence-corrected chi connectivity index (χ4v) is 2.84. The number of rotatable bonds is 6. The van der Waals surface area contributed by atoms with Crippen molar-refractivity contribution >= 4 is 47.7 Å². The second kappa shape index (κ2) is 9.35. The van der Waals surface area contributed by atoms with Crippen molar-refractivity contribution in [3.63, 3.8) is 0 Å². The third kappa shape index (κ3) is 4.92. The zero-order valence-electron chi connectivity index (χ0n) is 15.1. The van der Waals surface area contributed by atoms with Crippen LogP contribution in [0.15, 0.2) is 60.7 Å². The molecule has 0 bridgehead atoms. The standard InChI is InChI=1S/C22H12Cl2O6/c23-17-9-18(24)20(30-22(28)16-7-3-14(12-26)4-8-16)10-19(17)29-21(27)15-5-1-13(11-25)2-6-15/h1-12H. The molecule has 0 spiro atoms. The molecule has 6 nitrogen and oxygen atoms in total. The molecule has 0 aliphatic carbocycles. The first-order valence-electron chi connectivity index (χ1n) is 8.45. The molecule has 0 aromatic heterocycles. The van der Waals surface area contributed by atoms with Crippen LogP contribution >= 0.6 is 23.2 Å². The van der Waals surface area contributed by atoms with E-state index in [1.807, 2.05) is 0 Å². The lowest BCUT2D eigenvalue weighted by atomic mass is 10.1. The molecule has 0 heterocycles. The fourth-order valence-electron chi connectivity index (χ4n) is 2.38. The Kier molecular flexibility index (Phi) is 6.61. The molecule has 0 atom stereocenters. The topological polar surface area (TPSA) is 86.7 Å². The molecule has 3 aromatic rings. The molecular weight excluding hydrogens is 431 g/mol. The van der Waals surface area contributed by atoms with Crippen LogP contribution in [0.2, 0.25) is 10.0 Å². The van der Waals surface area contributed by atoms with Crippen molar-refractivity contribution in [3.05, 3.63) is 93.0 Å². The minimum Gasteiger partial charge on any atom is -0.421 e. The molecule has 3 aromatic carbocycles. The number of esters is 2. The Bertz CT molecular complexity index is 1030. The van der Waals surface area contributed by atoms with Crippen molar-refractivity contribution in [1.29, 1.82) is 0 Å². The van der Waals surface area contributed by atoms with E-state index in [0.29, 0.717) is 23.7 Å². The minimum atomic E-state index is -0.724. The first kappa shape index (κ1) is 21.2. The highest BCUT2D eigenvalue weighted by Crippen LogP contribution is 2.36. The van der Waals surface area contributed by atoms with Gasteiger partial charge in [0, 0.05) is 17.2 Å². The van der Waals surface area contributed by atoms with Crippen LogP contribution < -0.4 is 9.47 Å². The summed E-state index contributed by atoms with van der Waals surface area (Å²) in [6.45, 7) is 0. The Balaban J connectivity index is 1.80. The average molecular weight is 443 g/mol. The van der Waals surface area contributed by atoms with Crippen molar-refractivity contribution in [1.82, 2.24) is 0 Å². The van der Waals surface area contributed by atoms with E-state index in [1.165, 1.54) is 60.7 Å². The number of carbonyl (C=O) groups is 4. The van der Waals surface area contributed by atoms with E-state index < -0.39 is 11.9 Å². The van der Waals surface area contributed by atoms with Crippen LogP contribution in [0, 0.1) is 0 Å². The van der Waals surface area contributed by atoms with Gasteiger partial charge in [-0.3, -0.25) is 9.59 Å². The Morgan fingerprint density at radius 1 is 0.633 bits per heavy atom. The van der Waals surface area contributed by atoms with Crippen molar-refractivity contribution < 1.29 is 28.7 Å². The molecule has 0 saturated heterocycles. The molecule has 150 valence electrons. The summed E-state index contributed by atoms with van der Waals surface area (Å²) in [5, 5.41) is 0.0704. The number of halogens is 2. The molecule has 0 saturated carbocycles. The average Bonchev–Trinajstić information content (AvgIpc) is 2.77. The zero-order chi connectivity index (χ0) is 21.7. The van der Waals surface area contributed by atoms with Gasteiger partial charge in [-0.05, 0) is 30.3 Å². The zero-order valence-corrected chi connectivity index (χ0v) is 16.6. The van der Waals surface area contributed by atoms with E-state index in [0.717, 1.165) is 0 Å². The number of ether oxygens (including phenoxy) is 2. The lowest BCUT2D eigenvalue weighted by molar-refractivity contribution is 0.0732. The molecule has 8 heteroatoms. The number of hydrogen-bond donors (Lipinski definition) is 0. The van der Waals surface area contributed by atoms with Crippen LogP contribution in [-0.4, -0.2) is 24.5 Å². The lowest BCUT2D eigenvalue weighted by Gasteiger charge is -2.11. The molecule has 0 fully saturated rings. The van der Waals surface area contributed by atoms with Gasteiger partial charge in [-0.2, -0.15) is 0 Å². The van der Waals surface area contributed by atoms with Gasteiger partial charge in [0.1, 0.15) is 12.6 Å². The maximum absolute atomic E-state index is 12.3. The van der Waals surface area contributed by atoms with Crippen molar-refractivity contribution in [2.75, 3.05) is 0 Å². The van der Waals surface area contributed by atoms with Crippen LogP contribution in [-0.2, 0) is 0 Å². The van der Waals surface area contributed by atoms with Crippen LogP contribution in [0.5, 0.6) is 11.5 Å². The molecule has 3 rings (SSSR count). The van der Waals surface area contributed by atoms with Gasteiger partial charge in [0.2, 0.25) is 0 Å². The van der Waals surface area contributed by atoms with Crippen molar-refractivity contribution in [2.45, 2.75) is 0 Å². The van der Waals surface area contributed by atoms with Gasteiger partial charge in [-0.15, -0.1) is 0 Å². The highest BCUT2D eigenvalue weighted by atomic mass is 35.5. The lowest BCUT2D eigenvalue weighted by Crippen LogP contribution is -2.11. The first-order valence-corrected chi connectivity index (χ1v) is 9.20. The molecule has 0 amide bonds. The van der Waals surface area contributed by atoms with E-state index in [2.05, 4.69) is 0 Å². The van der Waals surface area contributed by atoms with Gasteiger partial charge >= 0.3 is 11.9 Å². The van der Waals surface area contributed by atoms with E-state index >= 15 is 0 Å². The molecular formula is C22H12Cl2O6. The van der Waals surface area contributed by atoms with Crippen LogP contribution in [0.1, 0.15) is 41.4 Å². The van der Waals surface area contributed by atoms with Gasteiger partial charge < -0.3 is 9.47 Å². The normalized spacial score (nSPS) is 10.2. The smallest absolute Gasteiger partial charge is 0.343 e. The second-order valence-corrected chi connectivity index (χ2v) is 6.79. The van der Waals surface area contributed by atoms with Crippen LogP contribution in [0.4, 0.5) is 0 Å². The van der Waals surface area contributed by atoms with Gasteiger partial charge in [-0.1, -0.05) is 47.5 Å². The van der Waals surface area contributed by atoms with E-state index in [4.69, 9.17) is 32.7 Å². The number of hydrogen-bond acceptors (Lipinski definition) is 6. The predicted molar refractivity (Wildman–Crippen MR) is 110 cm³/mol. The molecule has 0 unspecified atom stereocenters. The summed E-state index contributed by atoms with van der Waals surface area (Å²) < 4.78 is 10.5. The quantitative estimate of drug-likeness (QED) is 0.301. The third-order valence-corrected chi connectivity index (χ3v) is 4.55. The molecule has 0 aliphatic rings. The molecule has 0 aliphatic heterocycles. The minimum absolute atomic E-state index is 0.0352. The highest BCUT2D eigenvalue weighted by Gasteiger charge is 2.17. The van der Waals surface area contributed by atoms with E-state index in [1.54, 1.807) is 0 Å². The summed E-state index contributed by atoms with van der Waals surface area (Å²) in [6.07, 6.45) is 1.30. The van der Waals surface area contributed by atoms with Crippen molar-refractivity contribution in [2.24, 2.45) is 0 Å². The van der Waals surface area contributed by atoms with Crippen LogP contribution in [0.25, 0.3) is 0 Å². The molecule has 0 N–H and O–H groups in total. The summed E-state index contributed by atoms with van der Waals surface area (Å²) in [5.74, 6) is -1.58.